The van der Waals surface area contributed by atoms with E-state index in [0.717, 1.165) is 12.1 Å². The number of nitrogen functional groups attached to an aromatic ring is 1. The van der Waals surface area contributed by atoms with Gasteiger partial charge in [0.15, 0.2) is 0 Å². The maximum absolute atomic E-state index is 13.5. The number of anilines is 2. The van der Waals surface area contributed by atoms with Crippen LogP contribution in [0.5, 0.6) is 0 Å². The van der Waals surface area contributed by atoms with Crippen molar-refractivity contribution in [3.8, 4) is 0 Å². The second kappa shape index (κ2) is 6.03. The molecule has 0 atom stereocenters. The Bertz CT molecular complexity index is 503. The lowest BCUT2D eigenvalue weighted by atomic mass is 10.1. The highest BCUT2D eigenvalue weighted by atomic mass is 19.1. The molecular formula is C12H16FN3O3. The third-order valence-electron chi connectivity index (χ3n) is 2.52. The van der Waals surface area contributed by atoms with Gasteiger partial charge >= 0.3 is 5.97 Å². The Morgan fingerprint density at radius 1 is 1.42 bits per heavy atom. The van der Waals surface area contributed by atoms with Crippen molar-refractivity contribution in [2.75, 3.05) is 31.7 Å². The Labute approximate surface area is 110 Å². The van der Waals surface area contributed by atoms with Crippen LogP contribution in [0.3, 0.4) is 0 Å². The highest BCUT2D eigenvalue weighted by Gasteiger charge is 2.13. The molecule has 1 aromatic carbocycles. The van der Waals surface area contributed by atoms with E-state index in [-0.39, 0.29) is 35.8 Å². The van der Waals surface area contributed by atoms with Gasteiger partial charge in [-0.3, -0.25) is 4.79 Å². The lowest BCUT2D eigenvalue weighted by molar-refractivity contribution is -0.128. The van der Waals surface area contributed by atoms with Gasteiger partial charge in [-0.05, 0) is 12.1 Å². The molecule has 0 bridgehead atoms. The first-order valence-corrected chi connectivity index (χ1v) is 5.59. The van der Waals surface area contributed by atoms with Gasteiger partial charge in [-0.2, -0.15) is 0 Å². The molecule has 0 aliphatic heterocycles. The molecule has 0 fully saturated rings. The van der Waals surface area contributed by atoms with Crippen LogP contribution in [0.15, 0.2) is 12.1 Å². The number of carbonyl (C=O) groups is 2. The molecule has 0 unspecified atom stereocenters. The number of nitrogens with one attached hydrogen (secondary N) is 1. The second-order valence-electron chi connectivity index (χ2n) is 4.19. The summed E-state index contributed by atoms with van der Waals surface area (Å²) < 4.78 is 13.5. The summed E-state index contributed by atoms with van der Waals surface area (Å²) in [5.41, 5.74) is 5.09. The minimum absolute atomic E-state index is 0.0122. The summed E-state index contributed by atoms with van der Waals surface area (Å²) in [4.78, 5) is 23.6. The van der Waals surface area contributed by atoms with Crippen LogP contribution in [-0.2, 0) is 4.79 Å². The highest BCUT2D eigenvalue weighted by molar-refractivity contribution is 5.94. The number of aromatic carboxylic acids is 1. The molecule has 1 aromatic rings. The normalized spacial score (nSPS) is 10.1. The van der Waals surface area contributed by atoms with Gasteiger partial charge < -0.3 is 21.1 Å². The maximum atomic E-state index is 13.5. The molecule has 0 radical (unpaired) electrons. The van der Waals surface area contributed by atoms with Crippen LogP contribution >= 0.6 is 0 Å². The number of carbonyl (C=O) groups excluding carboxylic acids is 1. The number of nitrogens with two attached hydrogens (primary N) is 1. The summed E-state index contributed by atoms with van der Waals surface area (Å²) >= 11 is 0. The van der Waals surface area contributed by atoms with E-state index in [1.807, 2.05) is 0 Å². The molecule has 0 spiro atoms. The molecule has 6 nitrogen and oxygen atoms in total. The zero-order chi connectivity index (χ0) is 14.6. The number of nitrogens with zero attached hydrogens (tertiary/aromatic N) is 1. The molecular weight excluding hydrogens is 253 g/mol. The largest absolute Gasteiger partial charge is 0.478 e. The fraction of sp³-hybridized carbons (Fsp3) is 0.333. The molecule has 4 N–H and O–H groups in total. The molecule has 1 rings (SSSR count). The van der Waals surface area contributed by atoms with Crippen molar-refractivity contribution in [3.63, 3.8) is 0 Å². The van der Waals surface area contributed by atoms with Crippen molar-refractivity contribution >= 4 is 23.3 Å². The van der Waals surface area contributed by atoms with Gasteiger partial charge in [-0.25, -0.2) is 9.18 Å². The lowest BCUT2D eigenvalue weighted by Gasteiger charge is -2.12. The van der Waals surface area contributed by atoms with Crippen LogP contribution in [0.4, 0.5) is 15.8 Å². The molecule has 1 amide bonds. The van der Waals surface area contributed by atoms with Gasteiger partial charge in [0.2, 0.25) is 5.91 Å². The monoisotopic (exact) mass is 269 g/mol. The molecule has 0 aromatic heterocycles. The third-order valence-corrected chi connectivity index (χ3v) is 2.52. The molecule has 0 aliphatic carbocycles. The van der Waals surface area contributed by atoms with Crippen LogP contribution in [0.2, 0.25) is 0 Å². The van der Waals surface area contributed by atoms with Crippen LogP contribution < -0.4 is 11.1 Å². The number of amides is 1. The first kappa shape index (κ1) is 14.7. The Hall–Kier alpha value is -2.31. The number of carboxylic acid groups (broad SMARTS) is 1. The standard InChI is InChI=1S/C12H16FN3O3/c1-16(2)11(17)3-4-15-10-5-7(12(18)19)9(14)6-8(10)13/h5-6,15H,3-4,14H2,1-2H3,(H,18,19). The minimum atomic E-state index is -1.23. The topological polar surface area (TPSA) is 95.7 Å². The zero-order valence-electron chi connectivity index (χ0n) is 10.7. The summed E-state index contributed by atoms with van der Waals surface area (Å²) in [6, 6.07) is 2.06. The van der Waals surface area contributed by atoms with Crippen LogP contribution in [0, 0.1) is 5.82 Å². The summed E-state index contributed by atoms with van der Waals surface area (Å²) in [6.07, 6.45) is 0.180. The van der Waals surface area contributed by atoms with Crippen molar-refractivity contribution in [1.29, 1.82) is 0 Å². The van der Waals surface area contributed by atoms with Gasteiger partial charge in [0.25, 0.3) is 0 Å². The summed E-state index contributed by atoms with van der Waals surface area (Å²) in [5.74, 6) is -1.99. The number of hydrogen-bond donors (Lipinski definition) is 3. The Balaban J connectivity index is 2.76. The van der Waals surface area contributed by atoms with E-state index in [9.17, 15) is 14.0 Å². The lowest BCUT2D eigenvalue weighted by Crippen LogP contribution is -2.24. The minimum Gasteiger partial charge on any atom is -0.478 e. The Morgan fingerprint density at radius 3 is 2.58 bits per heavy atom. The molecule has 0 heterocycles. The Kier molecular flexibility index (Phi) is 4.68. The number of carboxylic acids is 1. The number of hydrogen-bond acceptors (Lipinski definition) is 4. The van der Waals surface area contributed by atoms with E-state index >= 15 is 0 Å². The van der Waals surface area contributed by atoms with E-state index in [1.54, 1.807) is 14.1 Å². The first-order valence-electron chi connectivity index (χ1n) is 5.59. The van der Waals surface area contributed by atoms with Gasteiger partial charge in [-0.15, -0.1) is 0 Å². The summed E-state index contributed by atoms with van der Waals surface area (Å²) in [7, 11) is 3.24. The zero-order valence-corrected chi connectivity index (χ0v) is 10.7. The van der Waals surface area contributed by atoms with E-state index in [2.05, 4.69) is 5.32 Å². The van der Waals surface area contributed by atoms with Crippen molar-refractivity contribution in [2.45, 2.75) is 6.42 Å². The average molecular weight is 269 g/mol. The Morgan fingerprint density at radius 2 is 2.05 bits per heavy atom. The van der Waals surface area contributed by atoms with Crippen molar-refractivity contribution in [1.82, 2.24) is 4.90 Å². The highest BCUT2D eigenvalue weighted by Crippen LogP contribution is 2.22. The molecule has 19 heavy (non-hydrogen) atoms. The maximum Gasteiger partial charge on any atom is 0.337 e. The van der Waals surface area contributed by atoms with Gasteiger partial charge in [0, 0.05) is 32.7 Å². The fourth-order valence-corrected chi connectivity index (χ4v) is 1.44. The fourth-order valence-electron chi connectivity index (χ4n) is 1.44. The first-order chi connectivity index (χ1) is 8.82. The number of halogens is 1. The van der Waals surface area contributed by atoms with E-state index in [1.165, 1.54) is 4.90 Å². The quantitative estimate of drug-likeness (QED) is 0.693. The van der Waals surface area contributed by atoms with Gasteiger partial charge in [0.1, 0.15) is 5.82 Å². The van der Waals surface area contributed by atoms with E-state index in [4.69, 9.17) is 10.8 Å². The molecule has 0 aliphatic rings. The average Bonchev–Trinajstić information content (AvgIpc) is 2.30. The van der Waals surface area contributed by atoms with Crippen molar-refractivity contribution in [3.05, 3.63) is 23.5 Å². The predicted molar refractivity (Wildman–Crippen MR) is 69.6 cm³/mol. The number of rotatable bonds is 5. The van der Waals surface area contributed by atoms with E-state index in [0.29, 0.717) is 0 Å². The van der Waals surface area contributed by atoms with Crippen LogP contribution in [0.25, 0.3) is 0 Å². The second-order valence-corrected chi connectivity index (χ2v) is 4.19. The summed E-state index contributed by atoms with van der Waals surface area (Å²) in [5, 5.41) is 11.6. The summed E-state index contributed by atoms with van der Waals surface area (Å²) in [6.45, 7) is 0.205. The van der Waals surface area contributed by atoms with Crippen LogP contribution in [0.1, 0.15) is 16.8 Å². The SMILES string of the molecule is CN(C)C(=O)CCNc1cc(C(=O)O)c(N)cc1F. The molecule has 0 saturated carbocycles. The van der Waals surface area contributed by atoms with Gasteiger partial charge in [0.05, 0.1) is 11.3 Å². The molecule has 0 saturated heterocycles. The molecule has 7 heteroatoms. The van der Waals surface area contributed by atoms with Crippen molar-refractivity contribution < 1.29 is 19.1 Å². The number of benzene rings is 1. The predicted octanol–water partition coefficient (Wildman–Crippen LogP) is 0.996. The van der Waals surface area contributed by atoms with E-state index < -0.39 is 11.8 Å². The van der Waals surface area contributed by atoms with Crippen molar-refractivity contribution in [2.24, 2.45) is 0 Å². The molecule has 104 valence electrons. The van der Waals surface area contributed by atoms with Gasteiger partial charge in [-0.1, -0.05) is 0 Å². The van der Waals surface area contributed by atoms with Crippen LogP contribution in [-0.4, -0.2) is 42.5 Å². The smallest absolute Gasteiger partial charge is 0.337 e. The third kappa shape index (κ3) is 3.84.